The largest absolute Gasteiger partial charge is 0.472 e. The minimum absolute atomic E-state index is 0.106. The first kappa shape index (κ1) is 87.1. The minimum Gasteiger partial charge on any atom is -0.462 e. The van der Waals surface area contributed by atoms with Crippen LogP contribution in [0.1, 0.15) is 356 Å². The zero-order valence-electron chi connectivity index (χ0n) is 57.7. The van der Waals surface area contributed by atoms with Crippen LogP contribution in [0.5, 0.6) is 0 Å². The van der Waals surface area contributed by atoms with Crippen molar-refractivity contribution in [3.05, 3.63) is 0 Å². The van der Waals surface area contributed by atoms with E-state index >= 15 is 0 Å². The summed E-state index contributed by atoms with van der Waals surface area (Å²) in [6.45, 7) is 9.57. The van der Waals surface area contributed by atoms with Gasteiger partial charge in [-0.15, -0.1) is 0 Å². The number of carbonyl (C=O) groups is 4. The minimum atomic E-state index is -4.95. The number of unbranched alkanes of at least 4 members (excludes halogenated alkanes) is 37. The number of rotatable bonds is 69. The van der Waals surface area contributed by atoms with Gasteiger partial charge in [0.2, 0.25) is 0 Å². The van der Waals surface area contributed by atoms with Gasteiger partial charge in [0.25, 0.3) is 0 Å². The summed E-state index contributed by atoms with van der Waals surface area (Å²) < 4.78 is 68.3. The van der Waals surface area contributed by atoms with Crippen molar-refractivity contribution in [1.82, 2.24) is 0 Å². The molecule has 0 aromatic carbocycles. The van der Waals surface area contributed by atoms with Crippen LogP contribution >= 0.6 is 15.6 Å². The lowest BCUT2D eigenvalue weighted by Gasteiger charge is -2.21. The Morgan fingerprint density at radius 2 is 0.539 bits per heavy atom. The Morgan fingerprint density at radius 1 is 0.315 bits per heavy atom. The number of aliphatic hydroxyl groups is 1. The van der Waals surface area contributed by atoms with E-state index < -0.39 is 97.5 Å². The third-order valence-corrected chi connectivity index (χ3v) is 18.8. The molecule has 19 heteroatoms. The van der Waals surface area contributed by atoms with Gasteiger partial charge in [-0.3, -0.25) is 37.3 Å². The molecule has 89 heavy (non-hydrogen) atoms. The van der Waals surface area contributed by atoms with E-state index in [-0.39, 0.29) is 25.7 Å². The Kier molecular flexibility index (Phi) is 60.8. The van der Waals surface area contributed by atoms with Gasteiger partial charge in [-0.1, -0.05) is 305 Å². The van der Waals surface area contributed by atoms with Crippen molar-refractivity contribution in [2.24, 2.45) is 11.8 Å². The zero-order chi connectivity index (χ0) is 65.7. The van der Waals surface area contributed by atoms with Crippen molar-refractivity contribution >= 4 is 39.5 Å². The second-order valence-electron chi connectivity index (χ2n) is 25.8. The summed E-state index contributed by atoms with van der Waals surface area (Å²) in [4.78, 5) is 72.6. The molecule has 0 aliphatic carbocycles. The van der Waals surface area contributed by atoms with Crippen molar-refractivity contribution in [3.63, 3.8) is 0 Å². The van der Waals surface area contributed by atoms with Crippen LogP contribution in [-0.4, -0.2) is 96.7 Å². The van der Waals surface area contributed by atoms with Gasteiger partial charge in [-0.05, 0) is 37.5 Å². The van der Waals surface area contributed by atoms with E-state index in [1.54, 1.807) is 0 Å². The molecule has 0 aliphatic heterocycles. The van der Waals surface area contributed by atoms with E-state index in [1.807, 2.05) is 0 Å². The van der Waals surface area contributed by atoms with Gasteiger partial charge in [-0.25, -0.2) is 9.13 Å². The van der Waals surface area contributed by atoms with E-state index in [0.29, 0.717) is 25.7 Å². The molecule has 0 radical (unpaired) electrons. The van der Waals surface area contributed by atoms with Gasteiger partial charge in [0, 0.05) is 25.7 Å². The molecule has 3 N–H and O–H groups in total. The highest BCUT2D eigenvalue weighted by Crippen LogP contribution is 2.45. The molecule has 0 saturated heterocycles. The molecular weight excluding hydrogens is 1170 g/mol. The summed E-state index contributed by atoms with van der Waals surface area (Å²) in [5.41, 5.74) is 0. The molecule has 0 aromatic heterocycles. The standard InChI is InChI=1S/C70H136O17P2/c1-7-11-13-15-17-19-21-23-28-36-42-48-54-69(74)86-65(58-80-67(72)52-46-40-34-27-22-20-18-16-14-12-8-2)60-84-88(76,77)82-56-64(71)57-83-89(78,79)85-61-66(59-81-68(73)53-47-41-35-31-30-33-39-45-51-63(6)10-4)87-70(75)55-49-43-37-29-25-24-26-32-38-44-50-62(5)9-3/h62-66,71H,7-61H2,1-6H3,(H,76,77)(H,78,79)/t62?,63?,64-,65+,66+/m0/s1. The molecule has 0 bridgehead atoms. The van der Waals surface area contributed by atoms with Crippen molar-refractivity contribution in [3.8, 4) is 0 Å². The Hall–Kier alpha value is -1.94. The smallest absolute Gasteiger partial charge is 0.462 e. The highest BCUT2D eigenvalue weighted by molar-refractivity contribution is 7.47. The summed E-state index contributed by atoms with van der Waals surface area (Å²) >= 11 is 0. The van der Waals surface area contributed by atoms with Crippen LogP contribution in [0.4, 0.5) is 0 Å². The predicted molar refractivity (Wildman–Crippen MR) is 358 cm³/mol. The fourth-order valence-electron chi connectivity index (χ4n) is 10.5. The summed E-state index contributed by atoms with van der Waals surface area (Å²) in [6.07, 6.45) is 46.9. The molecule has 0 fully saturated rings. The molecule has 0 aliphatic rings. The van der Waals surface area contributed by atoms with E-state index in [9.17, 15) is 43.2 Å². The average Bonchev–Trinajstić information content (AvgIpc) is 3.71. The molecule has 0 saturated carbocycles. The van der Waals surface area contributed by atoms with Crippen molar-refractivity contribution in [1.29, 1.82) is 0 Å². The van der Waals surface area contributed by atoms with Crippen LogP contribution < -0.4 is 0 Å². The van der Waals surface area contributed by atoms with Gasteiger partial charge in [0.05, 0.1) is 26.4 Å². The predicted octanol–water partition coefficient (Wildman–Crippen LogP) is 20.0. The number of phosphoric acid groups is 2. The molecule has 4 unspecified atom stereocenters. The molecular formula is C70H136O17P2. The second-order valence-corrected chi connectivity index (χ2v) is 28.7. The molecule has 17 nitrogen and oxygen atoms in total. The van der Waals surface area contributed by atoms with Crippen LogP contribution in [-0.2, 0) is 65.4 Å². The maximum Gasteiger partial charge on any atom is 0.472 e. The first-order valence-corrected chi connectivity index (χ1v) is 39.6. The van der Waals surface area contributed by atoms with E-state index in [4.69, 9.17) is 37.0 Å². The normalized spacial score (nSPS) is 14.8. The fraction of sp³-hybridized carbons (Fsp3) is 0.943. The third kappa shape index (κ3) is 62.0. The maximum absolute atomic E-state index is 13.0. The van der Waals surface area contributed by atoms with Crippen LogP contribution in [0.2, 0.25) is 0 Å². The maximum atomic E-state index is 13.0. The molecule has 0 aromatic rings. The Bertz CT molecular complexity index is 1740. The monoisotopic (exact) mass is 1310 g/mol. The number of phosphoric ester groups is 2. The molecule has 528 valence electrons. The van der Waals surface area contributed by atoms with Crippen molar-refractivity contribution in [2.45, 2.75) is 374 Å². The van der Waals surface area contributed by atoms with Gasteiger partial charge >= 0.3 is 39.5 Å². The van der Waals surface area contributed by atoms with Crippen LogP contribution in [0.25, 0.3) is 0 Å². The van der Waals surface area contributed by atoms with Gasteiger partial charge < -0.3 is 33.8 Å². The average molecular weight is 1310 g/mol. The van der Waals surface area contributed by atoms with Crippen molar-refractivity contribution < 1.29 is 80.2 Å². The van der Waals surface area contributed by atoms with Gasteiger partial charge in [-0.2, -0.15) is 0 Å². The van der Waals surface area contributed by atoms with E-state index in [1.165, 1.54) is 173 Å². The molecule has 7 atom stereocenters. The second kappa shape index (κ2) is 62.2. The van der Waals surface area contributed by atoms with Crippen LogP contribution in [0.3, 0.4) is 0 Å². The molecule has 0 heterocycles. The molecule has 0 amide bonds. The van der Waals surface area contributed by atoms with Gasteiger partial charge in [0.1, 0.15) is 19.3 Å². The van der Waals surface area contributed by atoms with Crippen LogP contribution in [0.15, 0.2) is 0 Å². The summed E-state index contributed by atoms with van der Waals surface area (Å²) in [7, 11) is -9.90. The SMILES string of the molecule is CCCCCCCCCCCCCCC(=O)O[C@H](COC(=O)CCCCCCCCCCCCC)COP(=O)(O)OC[C@H](O)COP(=O)(O)OC[C@@H](COC(=O)CCCCCCCCCCC(C)CC)OC(=O)CCCCCCCCCCCCC(C)CC. The number of carbonyl (C=O) groups excluding carboxylic acids is 4. The molecule has 0 rings (SSSR count). The van der Waals surface area contributed by atoms with E-state index in [2.05, 4.69) is 41.5 Å². The summed E-state index contributed by atoms with van der Waals surface area (Å²) in [6, 6.07) is 0. The fourth-order valence-corrected chi connectivity index (χ4v) is 12.1. The lowest BCUT2D eigenvalue weighted by atomic mass is 9.99. The number of esters is 4. The Labute approximate surface area is 543 Å². The highest BCUT2D eigenvalue weighted by atomic mass is 31.2. The molecule has 0 spiro atoms. The quantitative estimate of drug-likeness (QED) is 0.0222. The Balaban J connectivity index is 5.27. The van der Waals surface area contributed by atoms with Crippen molar-refractivity contribution in [2.75, 3.05) is 39.6 Å². The van der Waals surface area contributed by atoms with Crippen LogP contribution in [0, 0.1) is 11.8 Å². The number of hydrogen-bond acceptors (Lipinski definition) is 15. The van der Waals surface area contributed by atoms with Gasteiger partial charge in [0.15, 0.2) is 12.2 Å². The third-order valence-electron chi connectivity index (χ3n) is 16.9. The lowest BCUT2D eigenvalue weighted by Crippen LogP contribution is -2.30. The topological polar surface area (TPSA) is 237 Å². The highest BCUT2D eigenvalue weighted by Gasteiger charge is 2.30. The lowest BCUT2D eigenvalue weighted by molar-refractivity contribution is -0.161. The first-order chi connectivity index (χ1) is 42.9. The number of ether oxygens (including phenoxy) is 4. The van der Waals surface area contributed by atoms with E-state index in [0.717, 1.165) is 102 Å². The zero-order valence-corrected chi connectivity index (χ0v) is 59.5. The number of aliphatic hydroxyl groups excluding tert-OH is 1. The first-order valence-electron chi connectivity index (χ1n) is 36.6. The number of hydrogen-bond donors (Lipinski definition) is 3. The summed E-state index contributed by atoms with van der Waals surface area (Å²) in [5, 5.41) is 10.6. The Morgan fingerprint density at radius 3 is 0.798 bits per heavy atom. The summed E-state index contributed by atoms with van der Waals surface area (Å²) in [5.74, 6) is -0.542.